The second kappa shape index (κ2) is 5.42. The van der Waals surface area contributed by atoms with Gasteiger partial charge in [0.1, 0.15) is 0 Å². The molecule has 1 N–H and O–H groups in total. The molecule has 0 saturated heterocycles. The van der Waals surface area contributed by atoms with Crippen molar-refractivity contribution in [2.45, 2.75) is 19.3 Å². The fraction of sp³-hybridized carbons (Fsp3) is 0.333. The number of rotatable bonds is 5. The molecule has 4 heteroatoms. The largest absolute Gasteiger partial charge is 0.396 e. The van der Waals surface area contributed by atoms with Crippen LogP contribution in [0.2, 0.25) is 0 Å². The average molecular weight is 218 g/mol. The lowest BCUT2D eigenvalue weighted by molar-refractivity contribution is 0.281. The monoisotopic (exact) mass is 218 g/mol. The van der Waals surface area contributed by atoms with Crippen molar-refractivity contribution < 1.29 is 9.63 Å². The number of hydrogen-bond acceptors (Lipinski definition) is 4. The zero-order valence-corrected chi connectivity index (χ0v) is 8.97. The third-order valence-electron chi connectivity index (χ3n) is 2.30. The number of aliphatic hydroxyl groups is 1. The summed E-state index contributed by atoms with van der Waals surface area (Å²) in [6.07, 6.45) is 2.36. The van der Waals surface area contributed by atoms with Crippen LogP contribution in [0.3, 0.4) is 0 Å². The highest BCUT2D eigenvalue weighted by molar-refractivity contribution is 5.53. The van der Waals surface area contributed by atoms with Gasteiger partial charge in [0.05, 0.1) is 0 Å². The minimum Gasteiger partial charge on any atom is -0.396 e. The van der Waals surface area contributed by atoms with Crippen molar-refractivity contribution in [2.75, 3.05) is 6.61 Å². The summed E-state index contributed by atoms with van der Waals surface area (Å²) in [6.45, 7) is 0.208. The highest BCUT2D eigenvalue weighted by atomic mass is 16.5. The van der Waals surface area contributed by atoms with E-state index in [0.717, 1.165) is 24.8 Å². The predicted octanol–water partition coefficient (Wildman–Crippen LogP) is 2.05. The molecule has 2 aromatic rings. The number of nitrogens with zero attached hydrogens (tertiary/aromatic N) is 2. The van der Waals surface area contributed by atoms with Crippen LogP contribution in [0, 0.1) is 0 Å². The number of aliphatic hydroxyl groups excluding tert-OH is 1. The van der Waals surface area contributed by atoms with E-state index in [4.69, 9.17) is 9.63 Å². The van der Waals surface area contributed by atoms with Crippen LogP contribution < -0.4 is 0 Å². The SMILES string of the molecule is OCCCCc1nc(-c2ccccc2)no1. The molecule has 1 aromatic heterocycles. The molecule has 0 atom stereocenters. The second-order valence-corrected chi connectivity index (χ2v) is 3.56. The van der Waals surface area contributed by atoms with Gasteiger partial charge in [-0.2, -0.15) is 4.98 Å². The maximum Gasteiger partial charge on any atom is 0.226 e. The zero-order valence-electron chi connectivity index (χ0n) is 8.97. The Hall–Kier alpha value is -1.68. The van der Waals surface area contributed by atoms with Gasteiger partial charge in [0.25, 0.3) is 0 Å². The Bertz CT molecular complexity index is 426. The summed E-state index contributed by atoms with van der Waals surface area (Å²) in [6, 6.07) is 9.73. The van der Waals surface area contributed by atoms with Gasteiger partial charge in [-0.1, -0.05) is 35.5 Å². The molecule has 0 aliphatic carbocycles. The molecule has 4 nitrogen and oxygen atoms in total. The summed E-state index contributed by atoms with van der Waals surface area (Å²) >= 11 is 0. The molecule has 0 aliphatic rings. The van der Waals surface area contributed by atoms with Crippen molar-refractivity contribution in [1.29, 1.82) is 0 Å². The van der Waals surface area contributed by atoms with Gasteiger partial charge in [-0.15, -0.1) is 0 Å². The van der Waals surface area contributed by atoms with Crippen molar-refractivity contribution in [3.8, 4) is 11.4 Å². The topological polar surface area (TPSA) is 59.2 Å². The van der Waals surface area contributed by atoms with Crippen molar-refractivity contribution >= 4 is 0 Å². The molecule has 84 valence electrons. The minimum absolute atomic E-state index is 0.208. The predicted molar refractivity (Wildman–Crippen MR) is 59.8 cm³/mol. The molecule has 1 aromatic carbocycles. The third-order valence-corrected chi connectivity index (χ3v) is 2.30. The van der Waals surface area contributed by atoms with E-state index in [1.807, 2.05) is 30.3 Å². The average Bonchev–Trinajstić information content (AvgIpc) is 2.79. The summed E-state index contributed by atoms with van der Waals surface area (Å²) in [4.78, 5) is 4.29. The molecule has 0 bridgehead atoms. The molecule has 0 spiro atoms. The fourth-order valence-electron chi connectivity index (χ4n) is 1.45. The molecule has 16 heavy (non-hydrogen) atoms. The highest BCUT2D eigenvalue weighted by Gasteiger charge is 2.07. The highest BCUT2D eigenvalue weighted by Crippen LogP contribution is 2.15. The second-order valence-electron chi connectivity index (χ2n) is 3.56. The number of hydrogen-bond donors (Lipinski definition) is 1. The van der Waals surface area contributed by atoms with Gasteiger partial charge in [-0.05, 0) is 12.8 Å². The van der Waals surface area contributed by atoms with Crippen molar-refractivity contribution in [3.05, 3.63) is 36.2 Å². The van der Waals surface area contributed by atoms with Crippen LogP contribution in [0.25, 0.3) is 11.4 Å². The molecular weight excluding hydrogens is 204 g/mol. The number of unbranched alkanes of at least 4 members (excludes halogenated alkanes) is 1. The van der Waals surface area contributed by atoms with Gasteiger partial charge >= 0.3 is 0 Å². The first-order valence-electron chi connectivity index (χ1n) is 5.39. The van der Waals surface area contributed by atoms with Gasteiger partial charge in [-0.25, -0.2) is 0 Å². The maximum absolute atomic E-state index is 8.66. The van der Waals surface area contributed by atoms with Crippen LogP contribution in [0.5, 0.6) is 0 Å². The van der Waals surface area contributed by atoms with Crippen molar-refractivity contribution in [1.82, 2.24) is 10.1 Å². The summed E-state index contributed by atoms with van der Waals surface area (Å²) < 4.78 is 5.12. The van der Waals surface area contributed by atoms with Crippen molar-refractivity contribution in [2.24, 2.45) is 0 Å². The Labute approximate surface area is 93.9 Å². The van der Waals surface area contributed by atoms with E-state index in [9.17, 15) is 0 Å². The fourth-order valence-corrected chi connectivity index (χ4v) is 1.45. The Morgan fingerprint density at radius 2 is 1.94 bits per heavy atom. The van der Waals surface area contributed by atoms with Gasteiger partial charge in [0, 0.05) is 18.6 Å². The van der Waals surface area contributed by atoms with Crippen molar-refractivity contribution in [3.63, 3.8) is 0 Å². The van der Waals surface area contributed by atoms with Gasteiger partial charge < -0.3 is 9.63 Å². The number of aryl methyl sites for hydroxylation is 1. The summed E-state index contributed by atoms with van der Waals surface area (Å²) in [7, 11) is 0. The first-order valence-corrected chi connectivity index (χ1v) is 5.39. The van der Waals surface area contributed by atoms with E-state index in [-0.39, 0.29) is 6.61 Å². The minimum atomic E-state index is 0.208. The zero-order chi connectivity index (χ0) is 11.2. The summed E-state index contributed by atoms with van der Waals surface area (Å²) in [5, 5.41) is 12.6. The Morgan fingerprint density at radius 3 is 2.69 bits per heavy atom. The van der Waals surface area contributed by atoms with Gasteiger partial charge in [0.15, 0.2) is 0 Å². The van der Waals surface area contributed by atoms with E-state index in [2.05, 4.69) is 10.1 Å². The van der Waals surface area contributed by atoms with Crippen LogP contribution in [0.4, 0.5) is 0 Å². The standard InChI is InChI=1S/C12H14N2O2/c15-9-5-4-8-11-13-12(14-16-11)10-6-2-1-3-7-10/h1-3,6-7,15H,4-5,8-9H2. The molecule has 0 saturated carbocycles. The maximum atomic E-state index is 8.66. The Morgan fingerprint density at radius 1 is 1.12 bits per heavy atom. The first-order chi connectivity index (χ1) is 7.90. The van der Waals surface area contributed by atoms with Crippen LogP contribution in [0.1, 0.15) is 18.7 Å². The van der Waals surface area contributed by atoms with Crippen LogP contribution in [-0.2, 0) is 6.42 Å². The van der Waals surface area contributed by atoms with Gasteiger partial charge in [0.2, 0.25) is 11.7 Å². The Kier molecular flexibility index (Phi) is 3.66. The molecule has 0 unspecified atom stereocenters. The lowest BCUT2D eigenvalue weighted by Gasteiger charge is -1.92. The van der Waals surface area contributed by atoms with E-state index in [1.165, 1.54) is 0 Å². The molecule has 1 heterocycles. The lowest BCUT2D eigenvalue weighted by Crippen LogP contribution is -1.88. The Balaban J connectivity index is 2.02. The smallest absolute Gasteiger partial charge is 0.226 e. The molecule has 2 rings (SSSR count). The number of aromatic nitrogens is 2. The molecule has 0 aliphatic heterocycles. The van der Waals surface area contributed by atoms with E-state index in [1.54, 1.807) is 0 Å². The van der Waals surface area contributed by atoms with Crippen LogP contribution in [-0.4, -0.2) is 21.9 Å². The van der Waals surface area contributed by atoms with Gasteiger partial charge in [-0.3, -0.25) is 0 Å². The molecular formula is C12H14N2O2. The van der Waals surface area contributed by atoms with E-state index >= 15 is 0 Å². The molecule has 0 radical (unpaired) electrons. The summed E-state index contributed by atoms with van der Waals surface area (Å²) in [5.41, 5.74) is 0.958. The normalized spacial score (nSPS) is 10.6. The summed E-state index contributed by atoms with van der Waals surface area (Å²) in [5.74, 6) is 1.26. The third kappa shape index (κ3) is 2.67. The quantitative estimate of drug-likeness (QED) is 0.780. The first kappa shape index (κ1) is 10.8. The molecule has 0 amide bonds. The van der Waals surface area contributed by atoms with Crippen LogP contribution >= 0.6 is 0 Å². The molecule has 0 fully saturated rings. The van der Waals surface area contributed by atoms with Crippen LogP contribution in [0.15, 0.2) is 34.9 Å². The number of benzene rings is 1. The van der Waals surface area contributed by atoms with E-state index in [0.29, 0.717) is 11.7 Å². The lowest BCUT2D eigenvalue weighted by atomic mass is 10.2. The van der Waals surface area contributed by atoms with E-state index < -0.39 is 0 Å².